The van der Waals surface area contributed by atoms with Crippen molar-refractivity contribution in [2.24, 2.45) is 0 Å². The van der Waals surface area contributed by atoms with Crippen LogP contribution in [0.5, 0.6) is 0 Å². The molecule has 6 heteroatoms. The lowest BCUT2D eigenvalue weighted by atomic mass is 10.1. The number of anilines is 1. The Kier molecular flexibility index (Phi) is 7.35. The van der Waals surface area contributed by atoms with Crippen LogP contribution in [0.2, 0.25) is 0 Å². The molecule has 1 atom stereocenters. The summed E-state index contributed by atoms with van der Waals surface area (Å²) in [7, 11) is 0. The fraction of sp³-hybridized carbons (Fsp3) is 0.385. The van der Waals surface area contributed by atoms with Crippen molar-refractivity contribution in [3.63, 3.8) is 0 Å². The fourth-order valence-corrected chi connectivity index (χ4v) is 4.01. The van der Waals surface area contributed by atoms with Gasteiger partial charge in [-0.2, -0.15) is 5.10 Å². The first-order valence-corrected chi connectivity index (χ1v) is 11.3. The highest BCUT2D eigenvalue weighted by Gasteiger charge is 2.14. The molecule has 1 aliphatic rings. The van der Waals surface area contributed by atoms with Crippen LogP contribution in [-0.2, 0) is 22.6 Å². The minimum Gasteiger partial charge on any atom is -0.376 e. The van der Waals surface area contributed by atoms with Crippen molar-refractivity contribution >= 4 is 11.6 Å². The van der Waals surface area contributed by atoms with Crippen LogP contribution < -0.4 is 5.32 Å². The summed E-state index contributed by atoms with van der Waals surface area (Å²) in [6.07, 6.45) is 3.62. The molecule has 2 heterocycles. The molecule has 6 nitrogen and oxygen atoms in total. The van der Waals surface area contributed by atoms with Crippen LogP contribution in [0.3, 0.4) is 0 Å². The zero-order valence-electron chi connectivity index (χ0n) is 18.8. The van der Waals surface area contributed by atoms with Gasteiger partial charge in [-0.25, -0.2) is 0 Å². The van der Waals surface area contributed by atoms with E-state index in [0.717, 1.165) is 47.7 Å². The third-order valence-electron chi connectivity index (χ3n) is 5.66. The maximum atomic E-state index is 12.8. The zero-order chi connectivity index (χ0) is 22.3. The molecule has 1 aromatic heterocycles. The number of carbonyl (C=O) groups is 1. The van der Waals surface area contributed by atoms with Gasteiger partial charge in [-0.05, 0) is 74.6 Å². The lowest BCUT2D eigenvalue weighted by Gasteiger charge is -2.22. The summed E-state index contributed by atoms with van der Waals surface area (Å²) in [4.78, 5) is 12.8. The fourth-order valence-electron chi connectivity index (χ4n) is 4.01. The van der Waals surface area contributed by atoms with E-state index in [1.165, 1.54) is 6.42 Å². The van der Waals surface area contributed by atoms with Gasteiger partial charge in [-0.15, -0.1) is 0 Å². The first-order chi connectivity index (χ1) is 15.6. The Balaban J connectivity index is 1.34. The first-order valence-electron chi connectivity index (χ1n) is 11.3. The average molecular weight is 434 g/mol. The van der Waals surface area contributed by atoms with Crippen LogP contribution in [0.25, 0.3) is 0 Å². The Labute approximate surface area is 189 Å². The molecule has 0 saturated carbocycles. The van der Waals surface area contributed by atoms with Crippen LogP contribution in [0.15, 0.2) is 54.6 Å². The van der Waals surface area contributed by atoms with Crippen molar-refractivity contribution in [3.05, 3.63) is 82.7 Å². The molecule has 2 aromatic carbocycles. The van der Waals surface area contributed by atoms with E-state index in [1.54, 1.807) is 0 Å². The second kappa shape index (κ2) is 10.6. The quantitative estimate of drug-likeness (QED) is 0.550. The largest absolute Gasteiger partial charge is 0.376 e. The molecule has 3 aromatic rings. The lowest BCUT2D eigenvalue weighted by Crippen LogP contribution is -2.24. The first kappa shape index (κ1) is 22.2. The normalized spacial score (nSPS) is 16.1. The third-order valence-corrected chi connectivity index (χ3v) is 5.66. The van der Waals surface area contributed by atoms with Crippen LogP contribution in [0, 0.1) is 13.8 Å². The standard InChI is InChI=1S/C26H31N3O3/c1-19-13-20(2)29(28-19)16-21-7-5-9-23(14-21)26(30)27-24-10-6-8-22(15-24)17-31-18-25-11-3-4-12-32-25/h5-10,13-15,25H,3-4,11-12,16-18H2,1-2H3,(H,27,30). The van der Waals surface area contributed by atoms with Gasteiger partial charge in [0.05, 0.1) is 31.6 Å². The SMILES string of the molecule is Cc1cc(C)n(Cc2cccc(C(=O)Nc3cccc(COCC4CCCCO4)c3)c2)n1. The summed E-state index contributed by atoms with van der Waals surface area (Å²) in [5, 5.41) is 7.51. The van der Waals surface area contributed by atoms with Crippen LogP contribution >= 0.6 is 0 Å². The van der Waals surface area contributed by atoms with Gasteiger partial charge in [0.2, 0.25) is 0 Å². The summed E-state index contributed by atoms with van der Waals surface area (Å²) in [6, 6.07) is 17.5. The van der Waals surface area contributed by atoms with Crippen LogP contribution in [0.1, 0.15) is 52.1 Å². The second-order valence-electron chi connectivity index (χ2n) is 8.44. The molecule has 1 aliphatic heterocycles. The molecule has 32 heavy (non-hydrogen) atoms. The average Bonchev–Trinajstić information content (AvgIpc) is 3.11. The Hall–Kier alpha value is -2.96. The van der Waals surface area contributed by atoms with Crippen molar-refractivity contribution in [1.29, 1.82) is 0 Å². The third kappa shape index (κ3) is 6.05. The number of amides is 1. The van der Waals surface area contributed by atoms with E-state index >= 15 is 0 Å². The minimum atomic E-state index is -0.131. The smallest absolute Gasteiger partial charge is 0.255 e. The summed E-state index contributed by atoms with van der Waals surface area (Å²) >= 11 is 0. The highest BCUT2D eigenvalue weighted by molar-refractivity contribution is 6.04. The molecule has 0 bridgehead atoms. The van der Waals surface area contributed by atoms with Gasteiger partial charge in [0.25, 0.3) is 5.91 Å². The van der Waals surface area contributed by atoms with E-state index in [2.05, 4.69) is 16.5 Å². The van der Waals surface area contributed by atoms with E-state index in [9.17, 15) is 4.79 Å². The molecular weight excluding hydrogens is 402 g/mol. The summed E-state index contributed by atoms with van der Waals surface area (Å²) in [6.45, 7) is 6.60. The van der Waals surface area contributed by atoms with Gasteiger partial charge in [-0.3, -0.25) is 9.48 Å². The Morgan fingerprint density at radius 2 is 1.97 bits per heavy atom. The lowest BCUT2D eigenvalue weighted by molar-refractivity contribution is -0.0447. The predicted octanol–water partition coefficient (Wildman–Crippen LogP) is 4.89. The number of carbonyl (C=O) groups excluding carboxylic acids is 1. The highest BCUT2D eigenvalue weighted by atomic mass is 16.5. The number of nitrogens with zero attached hydrogens (tertiary/aromatic N) is 2. The molecule has 0 aliphatic carbocycles. The van der Waals surface area contributed by atoms with Gasteiger partial charge in [0, 0.05) is 23.6 Å². The van der Waals surface area contributed by atoms with E-state index in [0.29, 0.717) is 25.3 Å². The molecule has 4 rings (SSSR count). The van der Waals surface area contributed by atoms with E-state index in [-0.39, 0.29) is 12.0 Å². The van der Waals surface area contributed by atoms with Gasteiger partial charge in [0.15, 0.2) is 0 Å². The summed E-state index contributed by atoms with van der Waals surface area (Å²) < 4.78 is 13.5. The van der Waals surface area contributed by atoms with Gasteiger partial charge >= 0.3 is 0 Å². The number of ether oxygens (including phenoxy) is 2. The van der Waals surface area contributed by atoms with Crippen molar-refractivity contribution in [3.8, 4) is 0 Å². The van der Waals surface area contributed by atoms with E-state index < -0.39 is 0 Å². The number of aromatic nitrogens is 2. The number of aryl methyl sites for hydroxylation is 2. The number of nitrogens with one attached hydrogen (secondary N) is 1. The maximum absolute atomic E-state index is 12.8. The summed E-state index contributed by atoms with van der Waals surface area (Å²) in [5.41, 5.74) is 5.54. The van der Waals surface area contributed by atoms with Crippen LogP contribution in [-0.4, -0.2) is 35.0 Å². The number of hydrogen-bond donors (Lipinski definition) is 1. The predicted molar refractivity (Wildman–Crippen MR) is 125 cm³/mol. The Morgan fingerprint density at radius 1 is 1.12 bits per heavy atom. The number of rotatable bonds is 8. The van der Waals surface area contributed by atoms with Crippen molar-refractivity contribution in [2.75, 3.05) is 18.5 Å². The van der Waals surface area contributed by atoms with Gasteiger partial charge in [0.1, 0.15) is 0 Å². The Morgan fingerprint density at radius 3 is 2.75 bits per heavy atom. The second-order valence-corrected chi connectivity index (χ2v) is 8.44. The molecule has 1 N–H and O–H groups in total. The molecule has 1 fully saturated rings. The zero-order valence-corrected chi connectivity index (χ0v) is 18.8. The van der Waals surface area contributed by atoms with Crippen molar-refractivity contribution in [1.82, 2.24) is 9.78 Å². The van der Waals surface area contributed by atoms with Crippen LogP contribution in [0.4, 0.5) is 5.69 Å². The maximum Gasteiger partial charge on any atom is 0.255 e. The van der Waals surface area contributed by atoms with Crippen molar-refractivity contribution in [2.45, 2.75) is 52.4 Å². The molecule has 168 valence electrons. The van der Waals surface area contributed by atoms with E-state index in [4.69, 9.17) is 9.47 Å². The Bertz CT molecular complexity index is 1050. The molecule has 1 saturated heterocycles. The topological polar surface area (TPSA) is 65.4 Å². The van der Waals surface area contributed by atoms with Crippen molar-refractivity contribution < 1.29 is 14.3 Å². The molecule has 1 amide bonds. The number of hydrogen-bond acceptors (Lipinski definition) is 4. The molecule has 0 spiro atoms. The highest BCUT2D eigenvalue weighted by Crippen LogP contribution is 2.17. The summed E-state index contributed by atoms with van der Waals surface area (Å²) in [5.74, 6) is -0.131. The molecular formula is C26H31N3O3. The molecule has 1 unspecified atom stereocenters. The van der Waals surface area contributed by atoms with E-state index in [1.807, 2.05) is 67.1 Å². The molecule has 0 radical (unpaired) electrons. The van der Waals surface area contributed by atoms with Gasteiger partial charge in [-0.1, -0.05) is 24.3 Å². The minimum absolute atomic E-state index is 0.131. The van der Waals surface area contributed by atoms with Gasteiger partial charge < -0.3 is 14.8 Å². The number of benzene rings is 2. The monoisotopic (exact) mass is 433 g/mol.